The van der Waals surface area contributed by atoms with Gasteiger partial charge in [-0.1, -0.05) is 45.2 Å². The van der Waals surface area contributed by atoms with Crippen molar-refractivity contribution in [3.8, 4) is 0 Å². The van der Waals surface area contributed by atoms with E-state index in [1.165, 1.54) is 24.8 Å². The zero-order valence-electron chi connectivity index (χ0n) is 10.8. The Morgan fingerprint density at radius 1 is 1.18 bits per heavy atom. The van der Waals surface area contributed by atoms with Crippen LogP contribution < -0.4 is 0 Å². The van der Waals surface area contributed by atoms with Crippen LogP contribution in [0.3, 0.4) is 0 Å². The summed E-state index contributed by atoms with van der Waals surface area (Å²) < 4.78 is 0. The van der Waals surface area contributed by atoms with Gasteiger partial charge in [-0.2, -0.15) is 0 Å². The molecule has 2 heteroatoms. The summed E-state index contributed by atoms with van der Waals surface area (Å²) in [5.74, 6) is -0.807. The third kappa shape index (κ3) is 4.22. The molecule has 0 saturated carbocycles. The summed E-state index contributed by atoms with van der Waals surface area (Å²) in [4.78, 5) is 11.1. The summed E-state index contributed by atoms with van der Waals surface area (Å²) in [6.07, 6.45) is 6.56. The second kappa shape index (κ2) is 7.10. The van der Waals surface area contributed by atoms with E-state index in [1.54, 1.807) is 6.07 Å². The van der Waals surface area contributed by atoms with Crippen molar-refractivity contribution in [1.82, 2.24) is 0 Å². The molecule has 17 heavy (non-hydrogen) atoms. The zero-order valence-corrected chi connectivity index (χ0v) is 10.8. The number of carbonyl (C=O) groups is 1. The van der Waals surface area contributed by atoms with E-state index in [-0.39, 0.29) is 0 Å². The van der Waals surface area contributed by atoms with E-state index in [0.717, 1.165) is 24.8 Å². The Morgan fingerprint density at radius 2 is 1.94 bits per heavy atom. The summed E-state index contributed by atoms with van der Waals surface area (Å²) in [5.41, 5.74) is 2.69. The molecule has 0 aromatic heterocycles. The molecular formula is C15H22O2. The van der Waals surface area contributed by atoms with Crippen molar-refractivity contribution in [3.63, 3.8) is 0 Å². The first-order valence-corrected chi connectivity index (χ1v) is 6.54. The van der Waals surface area contributed by atoms with Crippen LogP contribution >= 0.6 is 0 Å². The normalized spacial score (nSPS) is 10.5. The van der Waals surface area contributed by atoms with Crippen molar-refractivity contribution in [2.24, 2.45) is 0 Å². The lowest BCUT2D eigenvalue weighted by Gasteiger charge is -2.08. The average molecular weight is 234 g/mol. The van der Waals surface area contributed by atoms with Crippen molar-refractivity contribution in [1.29, 1.82) is 0 Å². The van der Waals surface area contributed by atoms with Gasteiger partial charge in [0.25, 0.3) is 0 Å². The van der Waals surface area contributed by atoms with Gasteiger partial charge in [-0.25, -0.2) is 4.79 Å². The summed E-state index contributed by atoms with van der Waals surface area (Å²) in [7, 11) is 0. The van der Waals surface area contributed by atoms with Crippen LogP contribution in [0.25, 0.3) is 0 Å². The third-order valence-corrected chi connectivity index (χ3v) is 3.11. The fourth-order valence-electron chi connectivity index (χ4n) is 2.02. The number of rotatable bonds is 7. The Morgan fingerprint density at radius 3 is 2.53 bits per heavy atom. The molecular weight excluding hydrogens is 212 g/mol. The minimum atomic E-state index is -0.807. The average Bonchev–Trinajstić information content (AvgIpc) is 2.34. The lowest BCUT2D eigenvalue weighted by Crippen LogP contribution is -2.03. The van der Waals surface area contributed by atoms with E-state index in [1.807, 2.05) is 6.07 Å². The number of aromatic carboxylic acids is 1. The fourth-order valence-corrected chi connectivity index (χ4v) is 2.02. The Kier molecular flexibility index (Phi) is 5.75. The molecule has 0 fully saturated rings. The third-order valence-electron chi connectivity index (χ3n) is 3.11. The van der Waals surface area contributed by atoms with Gasteiger partial charge in [-0.15, -0.1) is 0 Å². The monoisotopic (exact) mass is 234 g/mol. The molecule has 1 rings (SSSR count). The van der Waals surface area contributed by atoms with Gasteiger partial charge in [-0.3, -0.25) is 0 Å². The minimum absolute atomic E-state index is 0.471. The van der Waals surface area contributed by atoms with Gasteiger partial charge in [0.1, 0.15) is 0 Å². The molecule has 0 heterocycles. The minimum Gasteiger partial charge on any atom is -0.478 e. The predicted molar refractivity (Wildman–Crippen MR) is 70.6 cm³/mol. The first-order valence-electron chi connectivity index (χ1n) is 6.54. The van der Waals surface area contributed by atoms with Gasteiger partial charge in [0.15, 0.2) is 0 Å². The number of unbranched alkanes of at least 4 members (excludes halogenated alkanes) is 3. The summed E-state index contributed by atoms with van der Waals surface area (Å²) in [6, 6.07) is 5.71. The molecule has 1 aromatic rings. The van der Waals surface area contributed by atoms with E-state index in [4.69, 9.17) is 5.11 Å². The molecule has 94 valence electrons. The number of benzene rings is 1. The molecule has 0 aliphatic rings. The van der Waals surface area contributed by atoms with E-state index >= 15 is 0 Å². The van der Waals surface area contributed by atoms with Gasteiger partial charge in [0.05, 0.1) is 5.56 Å². The van der Waals surface area contributed by atoms with Crippen LogP contribution in [0.1, 0.15) is 61.0 Å². The smallest absolute Gasteiger partial charge is 0.335 e. The lowest BCUT2D eigenvalue weighted by atomic mass is 9.97. The number of carboxylic acids is 1. The van der Waals surface area contributed by atoms with Gasteiger partial charge < -0.3 is 5.11 Å². The van der Waals surface area contributed by atoms with Crippen LogP contribution in [0.4, 0.5) is 0 Å². The van der Waals surface area contributed by atoms with Gasteiger partial charge in [-0.05, 0) is 36.5 Å². The van der Waals surface area contributed by atoms with E-state index < -0.39 is 5.97 Å². The molecule has 0 unspecified atom stereocenters. The van der Waals surface area contributed by atoms with Gasteiger partial charge in [0.2, 0.25) is 0 Å². The second-order valence-corrected chi connectivity index (χ2v) is 4.46. The van der Waals surface area contributed by atoms with Crippen LogP contribution in [0.2, 0.25) is 0 Å². The number of hydrogen-bond donors (Lipinski definition) is 1. The van der Waals surface area contributed by atoms with Gasteiger partial charge >= 0.3 is 5.97 Å². The Labute approximate surface area is 104 Å². The van der Waals surface area contributed by atoms with E-state index in [0.29, 0.717) is 5.56 Å². The highest BCUT2D eigenvalue weighted by atomic mass is 16.4. The van der Waals surface area contributed by atoms with Crippen molar-refractivity contribution in [2.45, 2.75) is 52.4 Å². The Hall–Kier alpha value is -1.31. The number of aryl methyl sites for hydroxylation is 2. The fraction of sp³-hybridized carbons (Fsp3) is 0.533. The summed E-state index contributed by atoms with van der Waals surface area (Å²) in [6.45, 7) is 4.27. The summed E-state index contributed by atoms with van der Waals surface area (Å²) in [5, 5.41) is 9.13. The van der Waals surface area contributed by atoms with Crippen LogP contribution in [0.5, 0.6) is 0 Å². The zero-order chi connectivity index (χ0) is 12.7. The molecule has 0 spiro atoms. The van der Waals surface area contributed by atoms with Crippen LogP contribution in [0.15, 0.2) is 18.2 Å². The Bertz CT molecular complexity index is 369. The van der Waals surface area contributed by atoms with Crippen LogP contribution in [-0.2, 0) is 12.8 Å². The SMILES string of the molecule is CCCCCCc1cc(CC)ccc1C(=O)O. The molecule has 0 saturated heterocycles. The lowest BCUT2D eigenvalue weighted by molar-refractivity contribution is 0.0695. The first kappa shape index (κ1) is 13.8. The molecule has 0 bridgehead atoms. The van der Waals surface area contributed by atoms with Crippen molar-refractivity contribution in [3.05, 3.63) is 34.9 Å². The maximum Gasteiger partial charge on any atom is 0.335 e. The topological polar surface area (TPSA) is 37.3 Å². The highest BCUT2D eigenvalue weighted by Crippen LogP contribution is 2.16. The van der Waals surface area contributed by atoms with Crippen molar-refractivity contribution >= 4 is 5.97 Å². The molecule has 0 aliphatic carbocycles. The first-order chi connectivity index (χ1) is 8.19. The van der Waals surface area contributed by atoms with Crippen LogP contribution in [0, 0.1) is 0 Å². The summed E-state index contributed by atoms with van der Waals surface area (Å²) >= 11 is 0. The number of hydrogen-bond acceptors (Lipinski definition) is 1. The number of carboxylic acid groups (broad SMARTS) is 1. The molecule has 0 aliphatic heterocycles. The molecule has 1 aromatic carbocycles. The molecule has 1 N–H and O–H groups in total. The van der Waals surface area contributed by atoms with E-state index in [2.05, 4.69) is 19.9 Å². The van der Waals surface area contributed by atoms with Gasteiger partial charge in [0, 0.05) is 0 Å². The van der Waals surface area contributed by atoms with Crippen LogP contribution in [-0.4, -0.2) is 11.1 Å². The maximum atomic E-state index is 11.1. The second-order valence-electron chi connectivity index (χ2n) is 4.46. The molecule has 0 atom stereocenters. The molecule has 0 amide bonds. The molecule has 0 radical (unpaired) electrons. The quantitative estimate of drug-likeness (QED) is 0.722. The Balaban J connectivity index is 2.75. The van der Waals surface area contributed by atoms with E-state index in [9.17, 15) is 4.79 Å². The predicted octanol–water partition coefficient (Wildman–Crippen LogP) is 4.07. The largest absolute Gasteiger partial charge is 0.478 e. The highest BCUT2D eigenvalue weighted by Gasteiger charge is 2.09. The van der Waals surface area contributed by atoms with Crippen molar-refractivity contribution < 1.29 is 9.90 Å². The molecule has 2 nitrogen and oxygen atoms in total. The standard InChI is InChI=1S/C15H22O2/c1-3-5-6-7-8-13-11-12(4-2)9-10-14(13)15(16)17/h9-11H,3-8H2,1-2H3,(H,16,17). The highest BCUT2D eigenvalue weighted by molar-refractivity contribution is 5.89. The maximum absolute atomic E-state index is 11.1. The van der Waals surface area contributed by atoms with Crippen molar-refractivity contribution in [2.75, 3.05) is 0 Å².